The number of phenols is 1. The fourth-order valence-electron chi connectivity index (χ4n) is 1.73. The van der Waals surface area contributed by atoms with Crippen LogP contribution in [0.3, 0.4) is 0 Å². The van der Waals surface area contributed by atoms with Gasteiger partial charge in [-0.05, 0) is 36.6 Å². The first-order valence-electron chi connectivity index (χ1n) is 6.13. The molecule has 0 aliphatic carbocycles. The first-order chi connectivity index (χ1) is 8.13. The molecule has 0 aromatic heterocycles. The number of hydrogen-bond acceptors (Lipinski definition) is 3. The number of rotatable bonds is 7. The fraction of sp³-hybridized carbons (Fsp3) is 0.571. The first kappa shape index (κ1) is 14.0. The van der Waals surface area contributed by atoms with Crippen molar-refractivity contribution in [3.8, 4) is 5.75 Å². The minimum Gasteiger partial charge on any atom is -0.508 e. The van der Waals surface area contributed by atoms with Crippen molar-refractivity contribution in [2.24, 2.45) is 5.92 Å². The summed E-state index contributed by atoms with van der Waals surface area (Å²) in [5.41, 5.74) is 1.23. The molecule has 1 aromatic rings. The van der Waals surface area contributed by atoms with E-state index < -0.39 is 0 Å². The van der Waals surface area contributed by atoms with E-state index in [0.29, 0.717) is 17.7 Å². The van der Waals surface area contributed by atoms with Crippen LogP contribution in [0.5, 0.6) is 5.75 Å². The third-order valence-corrected chi connectivity index (χ3v) is 2.91. The Hall–Kier alpha value is -1.06. The van der Waals surface area contributed by atoms with Crippen LogP contribution in [0.25, 0.3) is 0 Å². The maximum atomic E-state index is 9.18. The van der Waals surface area contributed by atoms with Crippen LogP contribution in [0.15, 0.2) is 24.3 Å². The number of nitrogens with one attached hydrogen (secondary N) is 1. The number of phenolic OH excluding ortho intramolecular Hbond substituents is 1. The number of aromatic hydroxyl groups is 1. The van der Waals surface area contributed by atoms with Crippen LogP contribution >= 0.6 is 0 Å². The van der Waals surface area contributed by atoms with Crippen molar-refractivity contribution in [2.45, 2.75) is 26.3 Å². The molecular formula is C14H23NO2. The molecule has 0 aliphatic rings. The Morgan fingerprint density at radius 1 is 1.24 bits per heavy atom. The molecule has 96 valence electrons. The van der Waals surface area contributed by atoms with Crippen LogP contribution in [0.1, 0.15) is 19.4 Å². The zero-order valence-corrected chi connectivity index (χ0v) is 10.9. The molecule has 3 heteroatoms. The molecule has 1 atom stereocenters. The maximum Gasteiger partial charge on any atom is 0.115 e. The second-order valence-electron chi connectivity index (χ2n) is 4.68. The lowest BCUT2D eigenvalue weighted by atomic mass is 10.0. The van der Waals surface area contributed by atoms with Gasteiger partial charge < -0.3 is 15.2 Å². The van der Waals surface area contributed by atoms with E-state index >= 15 is 0 Å². The lowest BCUT2D eigenvalue weighted by Crippen LogP contribution is -2.38. The molecule has 1 rings (SSSR count). The maximum absolute atomic E-state index is 9.18. The van der Waals surface area contributed by atoms with Crippen molar-refractivity contribution >= 4 is 0 Å². The molecule has 0 saturated carbocycles. The first-order valence-corrected chi connectivity index (χ1v) is 6.13. The van der Waals surface area contributed by atoms with E-state index in [1.165, 1.54) is 5.56 Å². The van der Waals surface area contributed by atoms with E-state index in [-0.39, 0.29) is 0 Å². The predicted molar refractivity (Wildman–Crippen MR) is 70.3 cm³/mol. The highest BCUT2D eigenvalue weighted by Crippen LogP contribution is 2.10. The third kappa shape index (κ3) is 5.20. The molecule has 0 bridgehead atoms. The van der Waals surface area contributed by atoms with Crippen molar-refractivity contribution in [1.29, 1.82) is 0 Å². The molecule has 0 amide bonds. The molecule has 2 N–H and O–H groups in total. The summed E-state index contributed by atoms with van der Waals surface area (Å²) >= 11 is 0. The van der Waals surface area contributed by atoms with Crippen molar-refractivity contribution in [3.63, 3.8) is 0 Å². The van der Waals surface area contributed by atoms with Gasteiger partial charge in [-0.25, -0.2) is 0 Å². The summed E-state index contributed by atoms with van der Waals surface area (Å²) in [5.74, 6) is 0.885. The number of ether oxygens (including phenoxy) is 1. The average Bonchev–Trinajstić information content (AvgIpc) is 2.30. The van der Waals surface area contributed by atoms with Gasteiger partial charge >= 0.3 is 0 Å². The summed E-state index contributed by atoms with van der Waals surface area (Å²) in [6.07, 6.45) is 0.965. The average molecular weight is 237 g/mol. The Kier molecular flexibility index (Phi) is 6.01. The Labute approximate surface area is 104 Å². The van der Waals surface area contributed by atoms with Gasteiger partial charge in [0.25, 0.3) is 0 Å². The van der Waals surface area contributed by atoms with Crippen LogP contribution in [-0.4, -0.2) is 31.4 Å². The zero-order chi connectivity index (χ0) is 12.7. The number of methoxy groups -OCH3 is 1. The fourth-order valence-corrected chi connectivity index (χ4v) is 1.73. The molecule has 3 nitrogen and oxygen atoms in total. The van der Waals surface area contributed by atoms with E-state index in [2.05, 4.69) is 19.2 Å². The van der Waals surface area contributed by atoms with E-state index in [0.717, 1.165) is 19.6 Å². The summed E-state index contributed by atoms with van der Waals surface area (Å²) in [6.45, 7) is 6.05. The quantitative estimate of drug-likeness (QED) is 0.764. The molecule has 0 aliphatic heterocycles. The molecule has 0 radical (unpaired) electrons. The molecule has 0 heterocycles. The van der Waals surface area contributed by atoms with Crippen LogP contribution in [0, 0.1) is 5.92 Å². The van der Waals surface area contributed by atoms with Crippen LogP contribution in [0.4, 0.5) is 0 Å². The molecule has 0 fully saturated rings. The topological polar surface area (TPSA) is 41.5 Å². The Morgan fingerprint density at radius 2 is 1.88 bits per heavy atom. The molecule has 17 heavy (non-hydrogen) atoms. The predicted octanol–water partition coefficient (Wildman–Crippen LogP) is 2.20. The lowest BCUT2D eigenvalue weighted by Gasteiger charge is -2.21. The summed E-state index contributed by atoms with van der Waals surface area (Å²) in [4.78, 5) is 0. The largest absolute Gasteiger partial charge is 0.508 e. The highest BCUT2D eigenvalue weighted by Gasteiger charge is 2.11. The normalized spacial score (nSPS) is 12.9. The Bertz CT molecular complexity index is 309. The molecule has 0 spiro atoms. The van der Waals surface area contributed by atoms with Gasteiger partial charge in [0.1, 0.15) is 5.75 Å². The van der Waals surface area contributed by atoms with Gasteiger partial charge in [-0.3, -0.25) is 0 Å². The SMILES string of the molecule is COCC(NCCc1ccc(O)cc1)C(C)C. The van der Waals surface area contributed by atoms with Gasteiger partial charge in [0, 0.05) is 13.2 Å². The van der Waals surface area contributed by atoms with Crippen molar-refractivity contribution in [1.82, 2.24) is 5.32 Å². The second kappa shape index (κ2) is 7.30. The van der Waals surface area contributed by atoms with Crippen molar-refractivity contribution in [2.75, 3.05) is 20.3 Å². The monoisotopic (exact) mass is 237 g/mol. The molecule has 1 aromatic carbocycles. The summed E-state index contributed by atoms with van der Waals surface area (Å²) in [7, 11) is 1.73. The Morgan fingerprint density at radius 3 is 2.41 bits per heavy atom. The van der Waals surface area contributed by atoms with Crippen molar-refractivity contribution < 1.29 is 9.84 Å². The minimum absolute atomic E-state index is 0.321. The van der Waals surface area contributed by atoms with Gasteiger partial charge in [-0.15, -0.1) is 0 Å². The molecule has 1 unspecified atom stereocenters. The van der Waals surface area contributed by atoms with E-state index in [1.807, 2.05) is 12.1 Å². The lowest BCUT2D eigenvalue weighted by molar-refractivity contribution is 0.147. The van der Waals surface area contributed by atoms with E-state index in [1.54, 1.807) is 19.2 Å². The van der Waals surface area contributed by atoms with Crippen LogP contribution < -0.4 is 5.32 Å². The Balaban J connectivity index is 2.33. The molecule has 0 saturated heterocycles. The molecular weight excluding hydrogens is 214 g/mol. The number of benzene rings is 1. The van der Waals surface area contributed by atoms with Gasteiger partial charge in [-0.1, -0.05) is 26.0 Å². The van der Waals surface area contributed by atoms with Gasteiger partial charge in [0.15, 0.2) is 0 Å². The smallest absolute Gasteiger partial charge is 0.115 e. The summed E-state index contributed by atoms with van der Waals surface area (Å²) < 4.78 is 5.19. The van der Waals surface area contributed by atoms with Gasteiger partial charge in [0.05, 0.1) is 6.61 Å². The van der Waals surface area contributed by atoms with E-state index in [4.69, 9.17) is 4.74 Å². The summed E-state index contributed by atoms with van der Waals surface area (Å²) in [6, 6.07) is 7.77. The van der Waals surface area contributed by atoms with Crippen molar-refractivity contribution in [3.05, 3.63) is 29.8 Å². The highest BCUT2D eigenvalue weighted by molar-refractivity contribution is 5.25. The zero-order valence-electron chi connectivity index (χ0n) is 10.9. The number of hydrogen-bond donors (Lipinski definition) is 2. The van der Waals surface area contributed by atoms with E-state index in [9.17, 15) is 5.11 Å². The standard InChI is InChI=1S/C14H23NO2/c1-11(2)14(10-17-3)15-9-8-12-4-6-13(16)7-5-12/h4-7,11,14-16H,8-10H2,1-3H3. The van der Waals surface area contributed by atoms with Gasteiger partial charge in [-0.2, -0.15) is 0 Å². The summed E-state index contributed by atoms with van der Waals surface area (Å²) in [5, 5.41) is 12.7. The third-order valence-electron chi connectivity index (χ3n) is 2.91. The minimum atomic E-state index is 0.321. The second-order valence-corrected chi connectivity index (χ2v) is 4.68. The van der Waals surface area contributed by atoms with Crippen LogP contribution in [0.2, 0.25) is 0 Å². The van der Waals surface area contributed by atoms with Gasteiger partial charge in [0.2, 0.25) is 0 Å². The van der Waals surface area contributed by atoms with Crippen LogP contribution in [-0.2, 0) is 11.2 Å². The highest BCUT2D eigenvalue weighted by atomic mass is 16.5.